The zero-order chi connectivity index (χ0) is 15.1. The number of hydrogen-bond acceptors (Lipinski definition) is 4. The van der Waals surface area contributed by atoms with Gasteiger partial charge in [-0.1, -0.05) is 6.92 Å². The van der Waals surface area contributed by atoms with Crippen molar-refractivity contribution in [3.8, 4) is 0 Å². The molecule has 0 spiro atoms. The van der Waals surface area contributed by atoms with E-state index in [1.54, 1.807) is 0 Å². The first-order valence-corrected chi connectivity index (χ1v) is 8.40. The van der Waals surface area contributed by atoms with Crippen LogP contribution >= 0.6 is 0 Å². The van der Waals surface area contributed by atoms with Gasteiger partial charge in [0.25, 0.3) is 0 Å². The molecule has 0 aromatic rings. The second kappa shape index (κ2) is 8.11. The average molecular weight is 298 g/mol. The van der Waals surface area contributed by atoms with Crippen molar-refractivity contribution in [1.82, 2.24) is 4.90 Å². The third-order valence-electron chi connectivity index (χ3n) is 4.77. The molecule has 2 saturated heterocycles. The Morgan fingerprint density at radius 1 is 1.29 bits per heavy atom. The van der Waals surface area contributed by atoms with Crippen LogP contribution in [-0.4, -0.2) is 56.4 Å². The van der Waals surface area contributed by atoms with Crippen molar-refractivity contribution in [2.75, 3.05) is 39.5 Å². The van der Waals surface area contributed by atoms with Gasteiger partial charge in [-0.2, -0.15) is 0 Å². The molecule has 1 amide bonds. The summed E-state index contributed by atoms with van der Waals surface area (Å²) >= 11 is 0. The lowest BCUT2D eigenvalue weighted by Gasteiger charge is -2.40. The summed E-state index contributed by atoms with van der Waals surface area (Å²) < 4.78 is 11.2. The van der Waals surface area contributed by atoms with Crippen LogP contribution in [0.3, 0.4) is 0 Å². The molecule has 2 aliphatic rings. The Hall–Kier alpha value is -0.650. The average Bonchev–Trinajstić information content (AvgIpc) is 2.55. The van der Waals surface area contributed by atoms with E-state index in [-0.39, 0.29) is 12.0 Å². The normalized spacial score (nSPS) is 25.5. The van der Waals surface area contributed by atoms with E-state index in [1.807, 2.05) is 4.90 Å². The van der Waals surface area contributed by atoms with Crippen molar-refractivity contribution in [2.45, 2.75) is 51.6 Å². The molecule has 5 nitrogen and oxygen atoms in total. The number of hydrogen-bond donors (Lipinski definition) is 1. The molecular weight excluding hydrogens is 268 g/mol. The number of ether oxygens (including phenoxy) is 2. The molecule has 21 heavy (non-hydrogen) atoms. The summed E-state index contributed by atoms with van der Waals surface area (Å²) in [5.74, 6) is 0.212. The van der Waals surface area contributed by atoms with Crippen molar-refractivity contribution in [3.05, 3.63) is 0 Å². The van der Waals surface area contributed by atoms with Gasteiger partial charge in [0, 0.05) is 39.5 Å². The Kier molecular flexibility index (Phi) is 6.45. The fourth-order valence-corrected chi connectivity index (χ4v) is 3.35. The number of rotatable bonds is 6. The molecule has 0 aromatic carbocycles. The predicted octanol–water partition coefficient (Wildman–Crippen LogP) is 1.55. The second-order valence-corrected chi connectivity index (χ2v) is 6.34. The first-order valence-electron chi connectivity index (χ1n) is 8.40. The molecule has 0 bridgehead atoms. The third kappa shape index (κ3) is 4.18. The Morgan fingerprint density at radius 3 is 2.62 bits per heavy atom. The van der Waals surface area contributed by atoms with Gasteiger partial charge in [-0.25, -0.2) is 0 Å². The minimum absolute atomic E-state index is 0.198. The van der Waals surface area contributed by atoms with Crippen LogP contribution in [-0.2, 0) is 14.3 Å². The SMILES string of the molecule is CCCN(CC1CCCCO1)C(=O)C1(CN)CCOCC1. The standard InChI is InChI=1S/C16H30N2O3/c1-2-8-18(12-14-5-3-4-9-21-14)15(19)16(13-17)6-10-20-11-7-16/h14H,2-13,17H2,1H3. The molecular formula is C16H30N2O3. The maximum absolute atomic E-state index is 13.0. The maximum Gasteiger partial charge on any atom is 0.230 e. The third-order valence-corrected chi connectivity index (χ3v) is 4.77. The number of amides is 1. The van der Waals surface area contributed by atoms with Crippen LogP contribution in [0.1, 0.15) is 45.4 Å². The van der Waals surface area contributed by atoms with Crippen LogP contribution in [0.15, 0.2) is 0 Å². The van der Waals surface area contributed by atoms with E-state index in [2.05, 4.69) is 6.92 Å². The van der Waals surface area contributed by atoms with Gasteiger partial charge in [-0.05, 0) is 38.5 Å². The smallest absolute Gasteiger partial charge is 0.230 e. The van der Waals surface area contributed by atoms with Gasteiger partial charge in [0.2, 0.25) is 5.91 Å². The Labute approximate surface area is 128 Å². The monoisotopic (exact) mass is 298 g/mol. The van der Waals surface area contributed by atoms with E-state index in [0.29, 0.717) is 19.8 Å². The lowest BCUT2D eigenvalue weighted by molar-refractivity contribution is -0.149. The summed E-state index contributed by atoms with van der Waals surface area (Å²) in [5, 5.41) is 0. The Balaban J connectivity index is 2.02. The van der Waals surface area contributed by atoms with Crippen molar-refractivity contribution >= 4 is 5.91 Å². The highest BCUT2D eigenvalue weighted by Gasteiger charge is 2.41. The van der Waals surface area contributed by atoms with Crippen molar-refractivity contribution in [2.24, 2.45) is 11.1 Å². The molecule has 0 aromatic heterocycles. The van der Waals surface area contributed by atoms with Crippen molar-refractivity contribution < 1.29 is 14.3 Å². The molecule has 2 heterocycles. The number of nitrogens with two attached hydrogens (primary N) is 1. The summed E-state index contributed by atoms with van der Waals surface area (Å²) in [7, 11) is 0. The van der Waals surface area contributed by atoms with Gasteiger partial charge < -0.3 is 20.1 Å². The fourth-order valence-electron chi connectivity index (χ4n) is 3.35. The van der Waals surface area contributed by atoms with Crippen LogP contribution in [0.4, 0.5) is 0 Å². The number of nitrogens with zero attached hydrogens (tertiary/aromatic N) is 1. The van der Waals surface area contributed by atoms with E-state index in [4.69, 9.17) is 15.2 Å². The highest BCUT2D eigenvalue weighted by Crippen LogP contribution is 2.32. The molecule has 122 valence electrons. The molecule has 1 atom stereocenters. The van der Waals surface area contributed by atoms with Gasteiger partial charge in [0.15, 0.2) is 0 Å². The molecule has 1 unspecified atom stereocenters. The van der Waals surface area contributed by atoms with E-state index in [0.717, 1.165) is 51.8 Å². The molecule has 2 N–H and O–H groups in total. The lowest BCUT2D eigenvalue weighted by atomic mass is 9.78. The topological polar surface area (TPSA) is 64.8 Å². The van der Waals surface area contributed by atoms with Crippen LogP contribution in [0.5, 0.6) is 0 Å². The Morgan fingerprint density at radius 2 is 2.05 bits per heavy atom. The largest absolute Gasteiger partial charge is 0.381 e. The van der Waals surface area contributed by atoms with Gasteiger partial charge in [-0.3, -0.25) is 4.79 Å². The summed E-state index contributed by atoms with van der Waals surface area (Å²) in [5.41, 5.74) is 5.56. The highest BCUT2D eigenvalue weighted by atomic mass is 16.5. The molecule has 2 rings (SSSR count). The molecule has 0 saturated carbocycles. The maximum atomic E-state index is 13.0. The number of carbonyl (C=O) groups excluding carboxylic acids is 1. The van der Waals surface area contributed by atoms with Crippen LogP contribution in [0.25, 0.3) is 0 Å². The van der Waals surface area contributed by atoms with E-state index >= 15 is 0 Å². The lowest BCUT2D eigenvalue weighted by Crippen LogP contribution is -2.53. The fraction of sp³-hybridized carbons (Fsp3) is 0.938. The minimum Gasteiger partial charge on any atom is -0.381 e. The van der Waals surface area contributed by atoms with Gasteiger partial charge in [0.05, 0.1) is 11.5 Å². The molecule has 2 aliphatic heterocycles. The molecule has 0 radical (unpaired) electrons. The van der Waals surface area contributed by atoms with Gasteiger partial charge >= 0.3 is 0 Å². The summed E-state index contributed by atoms with van der Waals surface area (Å²) in [4.78, 5) is 15.0. The molecule has 5 heteroatoms. The molecule has 2 fully saturated rings. The van der Waals surface area contributed by atoms with Crippen LogP contribution in [0.2, 0.25) is 0 Å². The zero-order valence-corrected chi connectivity index (χ0v) is 13.3. The van der Waals surface area contributed by atoms with E-state index in [1.165, 1.54) is 6.42 Å². The first kappa shape index (κ1) is 16.7. The van der Waals surface area contributed by atoms with Gasteiger partial charge in [0.1, 0.15) is 0 Å². The second-order valence-electron chi connectivity index (χ2n) is 6.34. The highest BCUT2D eigenvalue weighted by molar-refractivity contribution is 5.83. The first-order chi connectivity index (χ1) is 10.2. The van der Waals surface area contributed by atoms with E-state index < -0.39 is 5.41 Å². The molecule has 0 aliphatic carbocycles. The Bertz CT molecular complexity index is 323. The van der Waals surface area contributed by atoms with Crippen molar-refractivity contribution in [3.63, 3.8) is 0 Å². The number of carbonyl (C=O) groups is 1. The van der Waals surface area contributed by atoms with Crippen LogP contribution in [0, 0.1) is 5.41 Å². The zero-order valence-electron chi connectivity index (χ0n) is 13.3. The summed E-state index contributed by atoms with van der Waals surface area (Å²) in [6.07, 6.45) is 6.06. The predicted molar refractivity (Wildman–Crippen MR) is 82.0 cm³/mol. The van der Waals surface area contributed by atoms with E-state index in [9.17, 15) is 4.79 Å². The summed E-state index contributed by atoms with van der Waals surface area (Å²) in [6.45, 7) is 6.15. The summed E-state index contributed by atoms with van der Waals surface area (Å²) in [6, 6.07) is 0. The van der Waals surface area contributed by atoms with Gasteiger partial charge in [-0.15, -0.1) is 0 Å². The quantitative estimate of drug-likeness (QED) is 0.808. The minimum atomic E-state index is -0.415. The van der Waals surface area contributed by atoms with Crippen molar-refractivity contribution in [1.29, 1.82) is 0 Å². The van der Waals surface area contributed by atoms with Crippen LogP contribution < -0.4 is 5.73 Å².